The monoisotopic (exact) mass is 705 g/mol. The number of para-hydroxylation sites is 2. The number of amides is 1. The van der Waals surface area contributed by atoms with E-state index in [4.69, 9.17) is 40.6 Å². The van der Waals surface area contributed by atoms with Crippen LogP contribution in [0.4, 0.5) is 0 Å². The summed E-state index contributed by atoms with van der Waals surface area (Å²) in [6.07, 6.45) is 4.55. The number of unbranched alkanes of at least 4 members (excludes halogenated alkanes) is 8. The van der Waals surface area contributed by atoms with Gasteiger partial charge in [-0.25, -0.2) is 4.98 Å². The number of carboxylic acid groups (broad SMARTS) is 1. The van der Waals surface area contributed by atoms with Crippen LogP contribution in [0.1, 0.15) is 80.4 Å². The number of nitrogens with zero attached hydrogens (tertiary/aromatic N) is 2. The number of aliphatic carboxylic acids is 1. The minimum Gasteiger partial charge on any atom is -0.496 e. The van der Waals surface area contributed by atoms with Crippen LogP contribution in [0.2, 0.25) is 5.02 Å². The average molecular weight is 706 g/mol. The van der Waals surface area contributed by atoms with Gasteiger partial charge in [0.1, 0.15) is 48.3 Å². The number of rotatable bonds is 20. The Hall–Kier alpha value is -3.46. The maximum atomic E-state index is 13.3. The van der Waals surface area contributed by atoms with Crippen LogP contribution in [0.5, 0.6) is 11.5 Å². The molecule has 1 fully saturated rings. The summed E-state index contributed by atoms with van der Waals surface area (Å²) in [5, 5.41) is 41.9. The molecule has 49 heavy (non-hydrogen) atoms. The van der Waals surface area contributed by atoms with Gasteiger partial charge in [0.05, 0.1) is 35.3 Å². The molecule has 14 heteroatoms. The molecule has 0 saturated carbocycles. The number of benzene rings is 2. The topological polar surface area (TPSA) is 182 Å². The fourth-order valence-electron chi connectivity index (χ4n) is 6.07. The number of hydrogen-bond acceptors (Lipinski definition) is 10. The van der Waals surface area contributed by atoms with Gasteiger partial charge in [0.25, 0.3) is 5.91 Å². The summed E-state index contributed by atoms with van der Waals surface area (Å²) >= 11 is 6.59. The van der Waals surface area contributed by atoms with Crippen LogP contribution in [0.25, 0.3) is 11.0 Å². The summed E-state index contributed by atoms with van der Waals surface area (Å²) in [7, 11) is 2.72. The van der Waals surface area contributed by atoms with Crippen molar-refractivity contribution in [3.63, 3.8) is 0 Å². The Balaban J connectivity index is 1.36. The lowest BCUT2D eigenvalue weighted by molar-refractivity contribution is -0.261. The lowest BCUT2D eigenvalue weighted by Gasteiger charge is -2.41. The maximum Gasteiger partial charge on any atom is 0.303 e. The number of carbonyl (C=O) groups is 2. The normalized spacial score (nSPS) is 20.7. The van der Waals surface area contributed by atoms with E-state index >= 15 is 0 Å². The Labute approximate surface area is 291 Å². The first-order chi connectivity index (χ1) is 23.7. The van der Waals surface area contributed by atoms with E-state index in [2.05, 4.69) is 9.88 Å². The first kappa shape index (κ1) is 38.3. The van der Waals surface area contributed by atoms with Gasteiger partial charge in [-0.3, -0.25) is 9.59 Å². The number of aryl methyl sites for hydroxylation is 1. The quantitative estimate of drug-likeness (QED) is 0.105. The zero-order valence-electron chi connectivity index (χ0n) is 28.1. The van der Waals surface area contributed by atoms with Gasteiger partial charge in [-0.2, -0.15) is 0 Å². The van der Waals surface area contributed by atoms with Crippen molar-refractivity contribution >= 4 is 34.5 Å². The highest BCUT2D eigenvalue weighted by atomic mass is 35.5. The number of halogens is 1. The minimum absolute atomic E-state index is 0.0612. The van der Waals surface area contributed by atoms with Crippen molar-refractivity contribution in [2.24, 2.45) is 0 Å². The Kier molecular flexibility index (Phi) is 14.9. The van der Waals surface area contributed by atoms with Crippen LogP contribution in [0.3, 0.4) is 0 Å². The molecule has 1 saturated heterocycles. The highest BCUT2D eigenvalue weighted by Crippen LogP contribution is 2.34. The molecule has 0 bridgehead atoms. The largest absolute Gasteiger partial charge is 0.496 e. The summed E-state index contributed by atoms with van der Waals surface area (Å²) < 4.78 is 24.5. The van der Waals surface area contributed by atoms with Gasteiger partial charge in [-0.05, 0) is 31.0 Å². The van der Waals surface area contributed by atoms with Crippen LogP contribution < -0.4 is 14.8 Å². The molecule has 13 nitrogen and oxygen atoms in total. The fraction of sp³-hybridized carbons (Fsp3) is 0.571. The van der Waals surface area contributed by atoms with E-state index < -0.39 is 49.1 Å². The van der Waals surface area contributed by atoms with Crippen molar-refractivity contribution in [3.05, 3.63) is 52.8 Å². The van der Waals surface area contributed by atoms with E-state index in [0.717, 1.165) is 81.2 Å². The number of hydrogen-bond donors (Lipinski definition) is 5. The number of fused-ring (bicyclic) bond motifs is 1. The Morgan fingerprint density at radius 2 is 1.63 bits per heavy atom. The van der Waals surface area contributed by atoms with E-state index in [9.17, 15) is 24.9 Å². The number of aromatic nitrogens is 2. The smallest absolute Gasteiger partial charge is 0.303 e. The van der Waals surface area contributed by atoms with Crippen molar-refractivity contribution in [1.82, 2.24) is 14.9 Å². The van der Waals surface area contributed by atoms with Gasteiger partial charge in [0, 0.05) is 26.1 Å². The van der Waals surface area contributed by atoms with E-state index in [1.807, 2.05) is 24.3 Å². The third-order valence-corrected chi connectivity index (χ3v) is 9.07. The maximum absolute atomic E-state index is 13.3. The van der Waals surface area contributed by atoms with E-state index in [1.165, 1.54) is 26.4 Å². The molecule has 5 N–H and O–H groups in total. The van der Waals surface area contributed by atoms with Crippen molar-refractivity contribution in [2.75, 3.05) is 20.8 Å². The predicted molar refractivity (Wildman–Crippen MR) is 182 cm³/mol. The third-order valence-electron chi connectivity index (χ3n) is 8.77. The average Bonchev–Trinajstić information content (AvgIpc) is 3.45. The van der Waals surface area contributed by atoms with Crippen LogP contribution in [0.15, 0.2) is 36.4 Å². The summed E-state index contributed by atoms with van der Waals surface area (Å²) in [5.74, 6) is -0.200. The molecular formula is C35H48ClN3O10. The SMILES string of the molecule is COc1cc(OCc2nc3ccccc3n2CCCCCCCCCCCC(=O)O)c(Cl)cc1C(=O)N[C@H]1[C@@H](OC)O[C@H](CO)[C@@H](O)[C@@H]1O. The second-order valence-corrected chi connectivity index (χ2v) is 12.6. The zero-order chi connectivity index (χ0) is 35.3. The van der Waals surface area contributed by atoms with Gasteiger partial charge < -0.3 is 49.3 Å². The van der Waals surface area contributed by atoms with Gasteiger partial charge in [-0.15, -0.1) is 0 Å². The molecule has 1 aromatic heterocycles. The molecule has 1 amide bonds. The van der Waals surface area contributed by atoms with Crippen molar-refractivity contribution in [3.8, 4) is 11.5 Å². The Morgan fingerprint density at radius 3 is 2.29 bits per heavy atom. The van der Waals surface area contributed by atoms with Crippen LogP contribution in [-0.2, 0) is 27.4 Å². The lowest BCUT2D eigenvalue weighted by Crippen LogP contribution is -2.64. The first-order valence-electron chi connectivity index (χ1n) is 16.8. The number of carboxylic acids is 1. The molecule has 1 aliphatic rings. The van der Waals surface area contributed by atoms with Crippen LogP contribution in [0, 0.1) is 0 Å². The number of ether oxygens (including phenoxy) is 4. The summed E-state index contributed by atoms with van der Waals surface area (Å²) in [5.41, 5.74) is 1.93. The van der Waals surface area contributed by atoms with Crippen molar-refractivity contribution in [1.29, 1.82) is 0 Å². The van der Waals surface area contributed by atoms with Gasteiger partial charge in [0.2, 0.25) is 0 Å². The molecule has 3 aromatic rings. The van der Waals surface area contributed by atoms with Crippen molar-refractivity contribution < 1.29 is 49.0 Å². The third kappa shape index (κ3) is 10.3. The molecular weight excluding hydrogens is 658 g/mol. The van der Waals surface area contributed by atoms with Gasteiger partial charge >= 0.3 is 5.97 Å². The molecule has 0 aliphatic carbocycles. The number of imidazole rings is 1. The molecule has 4 rings (SSSR count). The van der Waals surface area contributed by atoms with E-state index in [1.54, 1.807) is 0 Å². The molecule has 0 spiro atoms. The number of methoxy groups -OCH3 is 2. The predicted octanol–water partition coefficient (Wildman–Crippen LogP) is 4.45. The summed E-state index contributed by atoms with van der Waals surface area (Å²) in [6.45, 7) is 0.356. The highest BCUT2D eigenvalue weighted by molar-refractivity contribution is 6.32. The molecule has 2 heterocycles. The minimum atomic E-state index is -1.48. The molecule has 270 valence electrons. The summed E-state index contributed by atoms with van der Waals surface area (Å²) in [6, 6.07) is 9.67. The van der Waals surface area contributed by atoms with Crippen LogP contribution >= 0.6 is 11.6 Å². The van der Waals surface area contributed by atoms with E-state index in [-0.39, 0.29) is 35.1 Å². The molecule has 0 unspecified atom stereocenters. The molecule has 0 radical (unpaired) electrons. The number of aliphatic hydroxyl groups excluding tert-OH is 3. The molecule has 5 atom stereocenters. The van der Waals surface area contributed by atoms with Crippen LogP contribution in [-0.4, -0.2) is 93.3 Å². The number of nitrogens with one attached hydrogen (secondary N) is 1. The van der Waals surface area contributed by atoms with Gasteiger partial charge in [-0.1, -0.05) is 68.7 Å². The molecule has 1 aliphatic heterocycles. The Bertz CT molecular complexity index is 1520. The van der Waals surface area contributed by atoms with E-state index in [0.29, 0.717) is 0 Å². The second-order valence-electron chi connectivity index (χ2n) is 12.2. The van der Waals surface area contributed by atoms with Crippen molar-refractivity contribution in [2.45, 2.75) is 108 Å². The number of carbonyl (C=O) groups excluding carboxylic acids is 1. The fourth-order valence-corrected chi connectivity index (χ4v) is 6.29. The molecule has 2 aromatic carbocycles. The first-order valence-corrected chi connectivity index (χ1v) is 17.2. The summed E-state index contributed by atoms with van der Waals surface area (Å²) in [4.78, 5) is 28.8. The lowest BCUT2D eigenvalue weighted by atomic mass is 9.96. The zero-order valence-corrected chi connectivity index (χ0v) is 28.8. The van der Waals surface area contributed by atoms with Gasteiger partial charge in [0.15, 0.2) is 6.29 Å². The second kappa shape index (κ2) is 19.1. The number of aliphatic hydroxyl groups is 3. The Morgan fingerprint density at radius 1 is 0.959 bits per heavy atom. The highest BCUT2D eigenvalue weighted by Gasteiger charge is 2.45. The standard InChI is InChI=1S/C35H48ClN3O10/c1-46-26-19-27(23(36)18-22(26)34(45)38-31-33(44)32(43)28(20-40)49-35(31)47-2)48-21-29-37-24-14-11-12-15-25(24)39(29)17-13-9-7-5-3-4-6-8-10-16-30(41)42/h11-12,14-15,18-19,28,31-33,35,40,43-44H,3-10,13,16-17,20-21H2,1-2H3,(H,38,45)(H,41,42)/t28-,31-,32-,33-,35+/m1/s1.